The minimum Gasteiger partial charge on any atom is -0.478 e. The third-order valence-electron chi connectivity index (χ3n) is 2.24. The summed E-state index contributed by atoms with van der Waals surface area (Å²) in [6.07, 6.45) is -0.0141. The molecule has 0 bridgehead atoms. The van der Waals surface area contributed by atoms with Gasteiger partial charge in [-0.05, 0) is 25.5 Å². The fourth-order valence-electron chi connectivity index (χ4n) is 1.31. The van der Waals surface area contributed by atoms with Crippen molar-refractivity contribution in [1.29, 1.82) is 0 Å². The van der Waals surface area contributed by atoms with Gasteiger partial charge < -0.3 is 9.47 Å². The summed E-state index contributed by atoms with van der Waals surface area (Å²) in [5, 5.41) is 0. The molecule has 86 valence electrons. The van der Waals surface area contributed by atoms with E-state index in [0.717, 1.165) is 5.56 Å². The molecule has 0 N–H and O–H groups in total. The summed E-state index contributed by atoms with van der Waals surface area (Å²) >= 11 is 0. The molecule has 1 rings (SSSR count). The molecule has 0 saturated heterocycles. The third-order valence-corrected chi connectivity index (χ3v) is 2.24. The van der Waals surface area contributed by atoms with Crippen LogP contribution in [0, 0.1) is 6.92 Å². The summed E-state index contributed by atoms with van der Waals surface area (Å²) in [6, 6.07) is 5.22. The van der Waals surface area contributed by atoms with E-state index in [4.69, 9.17) is 4.74 Å². The average molecular weight is 222 g/mol. The second-order valence-electron chi connectivity index (χ2n) is 3.39. The van der Waals surface area contributed by atoms with Gasteiger partial charge in [-0.15, -0.1) is 0 Å². The van der Waals surface area contributed by atoms with Crippen LogP contribution in [0.15, 0.2) is 18.2 Å². The standard InChI is InChI=1S/C12H14O4/c1-8-5-4-6-11(10(8)7-13)16-9(2)12(14)15-3/h4-7,9H,1-3H3. The minimum absolute atomic E-state index is 0.396. The van der Waals surface area contributed by atoms with Crippen molar-refractivity contribution in [2.24, 2.45) is 0 Å². The SMILES string of the molecule is COC(=O)C(C)Oc1cccc(C)c1C=O. The van der Waals surface area contributed by atoms with E-state index >= 15 is 0 Å². The summed E-state index contributed by atoms with van der Waals surface area (Å²) < 4.78 is 9.90. The van der Waals surface area contributed by atoms with Gasteiger partial charge in [0, 0.05) is 0 Å². The van der Waals surface area contributed by atoms with Crippen LogP contribution >= 0.6 is 0 Å². The number of ether oxygens (including phenoxy) is 2. The highest BCUT2D eigenvalue weighted by molar-refractivity contribution is 5.82. The molecule has 0 saturated carbocycles. The normalized spacial score (nSPS) is 11.7. The molecule has 0 radical (unpaired) electrons. The van der Waals surface area contributed by atoms with Gasteiger partial charge in [-0.2, -0.15) is 0 Å². The van der Waals surface area contributed by atoms with Gasteiger partial charge in [-0.3, -0.25) is 4.79 Å². The predicted molar refractivity (Wildman–Crippen MR) is 58.7 cm³/mol. The molecule has 0 spiro atoms. The van der Waals surface area contributed by atoms with Gasteiger partial charge in [0.05, 0.1) is 12.7 Å². The Morgan fingerprint density at radius 3 is 2.69 bits per heavy atom. The lowest BCUT2D eigenvalue weighted by Gasteiger charge is -2.14. The molecule has 0 aromatic heterocycles. The Balaban J connectivity index is 2.93. The second kappa shape index (κ2) is 5.30. The largest absolute Gasteiger partial charge is 0.478 e. The van der Waals surface area contributed by atoms with Crippen LogP contribution in [0.3, 0.4) is 0 Å². The lowest BCUT2D eigenvalue weighted by atomic mass is 10.1. The predicted octanol–water partition coefficient (Wildman–Crippen LogP) is 1.75. The van der Waals surface area contributed by atoms with E-state index in [1.165, 1.54) is 7.11 Å². The van der Waals surface area contributed by atoms with Gasteiger partial charge in [-0.25, -0.2) is 4.79 Å². The van der Waals surface area contributed by atoms with Crippen LogP contribution in [0.1, 0.15) is 22.8 Å². The molecule has 16 heavy (non-hydrogen) atoms. The van der Waals surface area contributed by atoms with Crippen molar-refractivity contribution in [1.82, 2.24) is 0 Å². The zero-order valence-electron chi connectivity index (χ0n) is 9.52. The Kier molecular flexibility index (Phi) is 4.05. The molecule has 1 aromatic rings. The third kappa shape index (κ3) is 2.59. The van der Waals surface area contributed by atoms with Gasteiger partial charge in [0.25, 0.3) is 0 Å². The molecule has 4 nitrogen and oxygen atoms in total. The van der Waals surface area contributed by atoms with Gasteiger partial charge in [0.1, 0.15) is 5.75 Å². The number of rotatable bonds is 4. The summed E-state index contributed by atoms with van der Waals surface area (Å²) in [5.41, 5.74) is 1.27. The zero-order chi connectivity index (χ0) is 12.1. The zero-order valence-corrected chi connectivity index (χ0v) is 9.52. The monoisotopic (exact) mass is 222 g/mol. The van der Waals surface area contributed by atoms with E-state index in [-0.39, 0.29) is 0 Å². The molecule has 0 fully saturated rings. The van der Waals surface area contributed by atoms with Crippen LogP contribution in [0.2, 0.25) is 0 Å². The maximum Gasteiger partial charge on any atom is 0.346 e. The first-order valence-electron chi connectivity index (χ1n) is 4.89. The van der Waals surface area contributed by atoms with Gasteiger partial charge in [0.15, 0.2) is 12.4 Å². The topological polar surface area (TPSA) is 52.6 Å². The number of benzene rings is 1. The van der Waals surface area contributed by atoms with Crippen molar-refractivity contribution in [2.45, 2.75) is 20.0 Å². The number of esters is 1. The summed E-state index contributed by atoms with van der Waals surface area (Å²) in [4.78, 5) is 22.0. The van der Waals surface area contributed by atoms with Crippen LogP contribution in [0.4, 0.5) is 0 Å². The molecule has 4 heteroatoms. The highest BCUT2D eigenvalue weighted by atomic mass is 16.6. The van der Waals surface area contributed by atoms with Crippen molar-refractivity contribution in [3.63, 3.8) is 0 Å². The van der Waals surface area contributed by atoms with Crippen LogP contribution < -0.4 is 4.74 Å². The lowest BCUT2D eigenvalue weighted by molar-refractivity contribution is -0.147. The van der Waals surface area contributed by atoms with Crippen molar-refractivity contribution >= 4 is 12.3 Å². The highest BCUT2D eigenvalue weighted by Gasteiger charge is 2.16. The summed E-state index contributed by atoms with van der Waals surface area (Å²) in [7, 11) is 1.29. The maximum atomic E-state index is 11.2. The Labute approximate surface area is 94.2 Å². The smallest absolute Gasteiger partial charge is 0.346 e. The Hall–Kier alpha value is -1.84. The van der Waals surface area contributed by atoms with Gasteiger partial charge in [0.2, 0.25) is 0 Å². The first-order valence-corrected chi connectivity index (χ1v) is 4.89. The summed E-state index contributed by atoms with van der Waals surface area (Å²) in [6.45, 7) is 3.38. The van der Waals surface area contributed by atoms with Crippen LogP contribution in [-0.2, 0) is 9.53 Å². The molecule has 0 amide bonds. The van der Waals surface area contributed by atoms with Crippen molar-refractivity contribution in [2.75, 3.05) is 7.11 Å². The number of carbonyl (C=O) groups excluding carboxylic acids is 2. The van der Waals surface area contributed by atoms with E-state index in [1.54, 1.807) is 32.0 Å². The molecule has 0 heterocycles. The fourth-order valence-corrected chi connectivity index (χ4v) is 1.31. The van der Waals surface area contributed by atoms with Crippen LogP contribution in [0.5, 0.6) is 5.75 Å². The quantitative estimate of drug-likeness (QED) is 0.575. The molecule has 0 aliphatic heterocycles. The second-order valence-corrected chi connectivity index (χ2v) is 3.39. The number of aryl methyl sites for hydroxylation is 1. The number of hydrogen-bond donors (Lipinski definition) is 0. The van der Waals surface area contributed by atoms with Crippen molar-refractivity contribution in [3.05, 3.63) is 29.3 Å². The number of carbonyl (C=O) groups is 2. The first kappa shape index (κ1) is 12.2. The molecule has 0 aliphatic carbocycles. The van der Waals surface area contributed by atoms with E-state index in [1.807, 2.05) is 0 Å². The Bertz CT molecular complexity index is 398. The Morgan fingerprint density at radius 2 is 2.12 bits per heavy atom. The molecule has 1 atom stereocenters. The molecule has 0 aliphatic rings. The average Bonchev–Trinajstić information content (AvgIpc) is 2.28. The molecular formula is C12H14O4. The molecule has 1 unspecified atom stereocenters. The van der Waals surface area contributed by atoms with Crippen molar-refractivity contribution in [3.8, 4) is 5.75 Å². The summed E-state index contributed by atoms with van der Waals surface area (Å²) in [5.74, 6) is -0.0775. The van der Waals surface area contributed by atoms with Gasteiger partial charge in [-0.1, -0.05) is 12.1 Å². The highest BCUT2D eigenvalue weighted by Crippen LogP contribution is 2.21. The Morgan fingerprint density at radius 1 is 1.44 bits per heavy atom. The van der Waals surface area contributed by atoms with E-state index in [9.17, 15) is 9.59 Å². The van der Waals surface area contributed by atoms with E-state index in [0.29, 0.717) is 17.6 Å². The fraction of sp³-hybridized carbons (Fsp3) is 0.333. The molecule has 1 aromatic carbocycles. The van der Waals surface area contributed by atoms with E-state index < -0.39 is 12.1 Å². The number of aldehydes is 1. The maximum absolute atomic E-state index is 11.2. The number of methoxy groups -OCH3 is 1. The van der Waals surface area contributed by atoms with E-state index in [2.05, 4.69) is 4.74 Å². The lowest BCUT2D eigenvalue weighted by Crippen LogP contribution is -2.25. The van der Waals surface area contributed by atoms with Gasteiger partial charge >= 0.3 is 5.97 Å². The van der Waals surface area contributed by atoms with Crippen LogP contribution in [0.25, 0.3) is 0 Å². The minimum atomic E-state index is -0.731. The molecular weight excluding hydrogens is 208 g/mol. The number of hydrogen-bond acceptors (Lipinski definition) is 4. The van der Waals surface area contributed by atoms with Crippen molar-refractivity contribution < 1.29 is 19.1 Å². The first-order chi connectivity index (χ1) is 7.60. The van der Waals surface area contributed by atoms with Crippen LogP contribution in [-0.4, -0.2) is 25.5 Å².